The zero-order valence-corrected chi connectivity index (χ0v) is 13.1. The summed E-state index contributed by atoms with van der Waals surface area (Å²) in [6.07, 6.45) is 1.30. The van der Waals surface area contributed by atoms with Crippen molar-refractivity contribution in [3.63, 3.8) is 0 Å². The maximum Gasteiger partial charge on any atom is 0.259 e. The summed E-state index contributed by atoms with van der Waals surface area (Å²) in [7, 11) is -2.15. The molecule has 0 saturated carbocycles. The smallest absolute Gasteiger partial charge is 0.255 e. The van der Waals surface area contributed by atoms with E-state index in [0.29, 0.717) is 0 Å². The molecule has 1 aromatic heterocycles. The Morgan fingerprint density at radius 2 is 2.00 bits per heavy atom. The molecule has 102 valence electrons. The van der Waals surface area contributed by atoms with E-state index in [1.165, 1.54) is 17.9 Å². The summed E-state index contributed by atoms with van der Waals surface area (Å²) < 4.78 is 28.9. The molecule has 5 nitrogen and oxygen atoms in total. The number of hydrogen-bond donors (Lipinski definition) is 1. The molecule has 0 aliphatic heterocycles. The molecule has 0 amide bonds. The summed E-state index contributed by atoms with van der Waals surface area (Å²) in [6.45, 7) is 0.192. The minimum Gasteiger partial charge on any atom is -0.255 e. The fourth-order valence-electron chi connectivity index (χ4n) is 1.55. The minimum atomic E-state index is -3.68. The summed E-state index contributed by atoms with van der Waals surface area (Å²) in [5.74, 6) is 0. The molecule has 8 heteroatoms. The van der Waals surface area contributed by atoms with Gasteiger partial charge in [-0.05, 0) is 17.7 Å². The van der Waals surface area contributed by atoms with Crippen molar-refractivity contribution in [3.05, 3.63) is 45.5 Å². The van der Waals surface area contributed by atoms with Crippen LogP contribution in [0.1, 0.15) is 5.56 Å². The molecule has 0 atom stereocenters. The van der Waals surface area contributed by atoms with Crippen LogP contribution in [0.15, 0.2) is 40.0 Å². The lowest BCUT2D eigenvalue weighted by atomic mass is 10.2. The lowest BCUT2D eigenvalue weighted by molar-refractivity contribution is 0.563. The largest absolute Gasteiger partial charge is 0.259 e. The van der Waals surface area contributed by atoms with Gasteiger partial charge in [-0.25, -0.2) is 13.1 Å². The third-order valence-corrected chi connectivity index (χ3v) is 4.91. The number of benzene rings is 1. The van der Waals surface area contributed by atoms with Crippen molar-refractivity contribution in [1.82, 2.24) is 14.5 Å². The highest BCUT2D eigenvalue weighted by Gasteiger charge is 2.22. The van der Waals surface area contributed by atoms with E-state index >= 15 is 0 Å². The number of rotatable bonds is 4. The highest BCUT2D eigenvalue weighted by atomic mass is 79.9. The third-order valence-electron chi connectivity index (χ3n) is 2.48. The SMILES string of the molecule is Cn1ncc(Cl)c1S(=O)(=O)NCc1ccc(Br)cc1. The van der Waals surface area contributed by atoms with Crippen molar-refractivity contribution in [2.45, 2.75) is 11.6 Å². The van der Waals surface area contributed by atoms with E-state index in [9.17, 15) is 8.42 Å². The first-order valence-corrected chi connectivity index (χ1v) is 7.97. The first-order chi connectivity index (χ1) is 8.90. The fourth-order valence-corrected chi connectivity index (χ4v) is 3.48. The van der Waals surface area contributed by atoms with Gasteiger partial charge in [0.15, 0.2) is 5.03 Å². The van der Waals surface area contributed by atoms with Gasteiger partial charge in [-0.1, -0.05) is 39.7 Å². The van der Waals surface area contributed by atoms with E-state index in [-0.39, 0.29) is 16.6 Å². The van der Waals surface area contributed by atoms with Gasteiger partial charge in [0, 0.05) is 18.1 Å². The van der Waals surface area contributed by atoms with Crippen molar-refractivity contribution >= 4 is 37.6 Å². The Morgan fingerprint density at radius 3 is 2.53 bits per heavy atom. The van der Waals surface area contributed by atoms with Gasteiger partial charge >= 0.3 is 0 Å². The van der Waals surface area contributed by atoms with E-state index in [2.05, 4.69) is 25.8 Å². The molecule has 1 heterocycles. The number of aryl methyl sites for hydroxylation is 1. The van der Waals surface area contributed by atoms with Crippen molar-refractivity contribution in [2.75, 3.05) is 0 Å². The monoisotopic (exact) mass is 363 g/mol. The van der Waals surface area contributed by atoms with Crippen LogP contribution in [0.2, 0.25) is 5.02 Å². The van der Waals surface area contributed by atoms with Gasteiger partial charge in [-0.15, -0.1) is 0 Å². The van der Waals surface area contributed by atoms with Crippen LogP contribution in [0.4, 0.5) is 0 Å². The summed E-state index contributed by atoms with van der Waals surface area (Å²) in [5.41, 5.74) is 0.852. The van der Waals surface area contributed by atoms with Crippen LogP contribution in [0.5, 0.6) is 0 Å². The van der Waals surface area contributed by atoms with Gasteiger partial charge in [0.1, 0.15) is 0 Å². The molecule has 0 fully saturated rings. The van der Waals surface area contributed by atoms with Gasteiger partial charge in [0.25, 0.3) is 10.0 Å². The molecular formula is C11H11BrClN3O2S. The highest BCUT2D eigenvalue weighted by Crippen LogP contribution is 2.20. The predicted molar refractivity (Wildman–Crippen MR) is 76.4 cm³/mol. The summed E-state index contributed by atoms with van der Waals surface area (Å²) in [6, 6.07) is 7.36. The Hall–Kier alpha value is -0.890. The standard InChI is InChI=1S/C11H11BrClN3O2S/c1-16-11(10(13)7-14-16)19(17,18)15-6-8-2-4-9(12)5-3-8/h2-5,7,15H,6H2,1H3. The van der Waals surface area contributed by atoms with Crippen LogP contribution < -0.4 is 4.72 Å². The number of sulfonamides is 1. The van der Waals surface area contributed by atoms with Gasteiger partial charge in [-0.2, -0.15) is 5.10 Å². The molecule has 1 N–H and O–H groups in total. The van der Waals surface area contributed by atoms with E-state index in [4.69, 9.17) is 11.6 Å². The molecule has 0 aliphatic carbocycles. The van der Waals surface area contributed by atoms with Crippen molar-refractivity contribution in [2.24, 2.45) is 7.05 Å². The zero-order valence-electron chi connectivity index (χ0n) is 9.97. The van der Waals surface area contributed by atoms with Crippen molar-refractivity contribution in [3.8, 4) is 0 Å². The third kappa shape index (κ3) is 3.36. The average Bonchev–Trinajstić information content (AvgIpc) is 2.69. The summed E-state index contributed by atoms with van der Waals surface area (Å²) in [4.78, 5) is 0. The highest BCUT2D eigenvalue weighted by molar-refractivity contribution is 9.10. The Balaban J connectivity index is 2.17. The van der Waals surface area contributed by atoms with Crippen LogP contribution in [0.25, 0.3) is 0 Å². The Bertz CT molecular complexity index is 663. The molecule has 0 saturated heterocycles. The van der Waals surface area contributed by atoms with Gasteiger partial charge in [0.05, 0.1) is 11.2 Å². The number of hydrogen-bond acceptors (Lipinski definition) is 3. The van der Waals surface area contributed by atoms with E-state index in [1.807, 2.05) is 24.3 Å². The number of aromatic nitrogens is 2. The Kier molecular flexibility index (Phi) is 4.29. The molecule has 19 heavy (non-hydrogen) atoms. The maximum atomic E-state index is 12.1. The lowest BCUT2D eigenvalue weighted by Crippen LogP contribution is -2.25. The summed E-state index contributed by atoms with van der Waals surface area (Å²) >= 11 is 9.14. The second-order valence-corrected chi connectivity index (χ2v) is 6.88. The fraction of sp³-hybridized carbons (Fsp3) is 0.182. The summed E-state index contributed by atoms with van der Waals surface area (Å²) in [5, 5.41) is 3.88. The first-order valence-electron chi connectivity index (χ1n) is 5.32. The van der Waals surface area contributed by atoms with Gasteiger partial charge < -0.3 is 0 Å². The van der Waals surface area contributed by atoms with E-state index in [1.54, 1.807) is 0 Å². The number of nitrogens with one attached hydrogen (secondary N) is 1. The molecule has 0 unspecified atom stereocenters. The topological polar surface area (TPSA) is 64.0 Å². The molecule has 0 spiro atoms. The van der Waals surface area contributed by atoms with Crippen LogP contribution in [0, 0.1) is 0 Å². The number of nitrogens with zero attached hydrogens (tertiary/aromatic N) is 2. The van der Waals surface area contributed by atoms with Gasteiger partial charge in [-0.3, -0.25) is 4.68 Å². The quantitative estimate of drug-likeness (QED) is 0.905. The predicted octanol–water partition coefficient (Wildman–Crippen LogP) is 2.31. The zero-order chi connectivity index (χ0) is 14.0. The molecule has 0 radical (unpaired) electrons. The molecule has 2 rings (SSSR count). The molecule has 0 aliphatic rings. The second kappa shape index (κ2) is 5.62. The van der Waals surface area contributed by atoms with Crippen LogP contribution in [-0.2, 0) is 23.6 Å². The van der Waals surface area contributed by atoms with Crippen molar-refractivity contribution in [1.29, 1.82) is 0 Å². The van der Waals surface area contributed by atoms with Crippen LogP contribution in [0.3, 0.4) is 0 Å². The molecule has 0 bridgehead atoms. The normalized spacial score (nSPS) is 11.7. The Morgan fingerprint density at radius 1 is 1.37 bits per heavy atom. The lowest BCUT2D eigenvalue weighted by Gasteiger charge is -2.07. The van der Waals surface area contributed by atoms with Crippen molar-refractivity contribution < 1.29 is 8.42 Å². The van der Waals surface area contributed by atoms with Crippen LogP contribution >= 0.6 is 27.5 Å². The van der Waals surface area contributed by atoms with Crippen LogP contribution in [-0.4, -0.2) is 18.2 Å². The number of halogens is 2. The van der Waals surface area contributed by atoms with Gasteiger partial charge in [0.2, 0.25) is 0 Å². The van der Waals surface area contributed by atoms with E-state index < -0.39 is 10.0 Å². The average molecular weight is 365 g/mol. The molecular weight excluding hydrogens is 354 g/mol. The Labute approximate surface area is 124 Å². The maximum absolute atomic E-state index is 12.1. The second-order valence-electron chi connectivity index (χ2n) is 3.87. The minimum absolute atomic E-state index is 0.0359. The molecule has 1 aromatic carbocycles. The van der Waals surface area contributed by atoms with E-state index in [0.717, 1.165) is 10.0 Å². The first kappa shape index (κ1) is 14.5. The molecule has 2 aromatic rings.